The monoisotopic (exact) mass is 373 g/mol. The molecule has 5 aromatic rings. The van der Waals surface area contributed by atoms with Crippen LogP contribution in [0, 0.1) is 0 Å². The molecule has 29 heavy (non-hydrogen) atoms. The fraction of sp³-hybridized carbons (Fsp3) is 0. The molecule has 0 heterocycles. The zero-order valence-corrected chi connectivity index (χ0v) is 15.4. The third kappa shape index (κ3) is 2.89. The van der Waals surface area contributed by atoms with Crippen molar-refractivity contribution in [2.45, 2.75) is 0 Å². The maximum Gasteiger partial charge on any atom is 0.185 e. The van der Waals surface area contributed by atoms with Gasteiger partial charge in [-0.1, -0.05) is 90.1 Å². The second kappa shape index (κ2) is 6.79. The highest BCUT2D eigenvalue weighted by Crippen LogP contribution is 2.36. The number of nitrogens with zero attached hydrogens (tertiary/aromatic N) is 3. The molecule has 0 aliphatic rings. The van der Waals surface area contributed by atoms with E-state index in [2.05, 4.69) is 64.6 Å². The molecule has 4 nitrogen and oxygen atoms in total. The second-order valence-corrected chi connectivity index (χ2v) is 6.94. The average Bonchev–Trinajstić information content (AvgIpc) is 2.77. The van der Waals surface area contributed by atoms with Crippen molar-refractivity contribution in [1.82, 2.24) is 0 Å². The third-order valence-electron chi connectivity index (χ3n) is 5.29. The van der Waals surface area contributed by atoms with Crippen molar-refractivity contribution in [2.24, 2.45) is 5.11 Å². The number of azide groups is 1. The van der Waals surface area contributed by atoms with Crippen LogP contribution in [0.2, 0.25) is 0 Å². The standard InChI is InChI=1S/C25H15N3O/c26-28-27-21-12-8-17(9-13-21)23(29)15-11-16-4-5-20-7-6-18-2-1-3-19-10-14-22(16)25(20)24(18)19/h1-15H/b15-11+. The number of hydrogen-bond acceptors (Lipinski definition) is 2. The Bertz CT molecular complexity index is 1440. The first-order valence-corrected chi connectivity index (χ1v) is 9.29. The van der Waals surface area contributed by atoms with Crippen LogP contribution in [0.1, 0.15) is 15.9 Å². The summed E-state index contributed by atoms with van der Waals surface area (Å²) in [6, 6.07) is 25.7. The number of benzene rings is 5. The SMILES string of the molecule is [N-]=[N+]=Nc1ccc(C(=O)/C=C/c2ccc3ccc4cccc5ccc2c3c45)cc1. The summed E-state index contributed by atoms with van der Waals surface area (Å²) in [6.07, 6.45) is 3.46. The van der Waals surface area contributed by atoms with E-state index in [0.29, 0.717) is 11.3 Å². The van der Waals surface area contributed by atoms with Crippen LogP contribution in [-0.2, 0) is 0 Å². The fourth-order valence-electron chi connectivity index (χ4n) is 3.91. The lowest BCUT2D eigenvalue weighted by atomic mass is 9.92. The molecule has 0 aromatic heterocycles. The van der Waals surface area contributed by atoms with Crippen LogP contribution < -0.4 is 0 Å². The quantitative estimate of drug-likeness (QED) is 0.0807. The van der Waals surface area contributed by atoms with Gasteiger partial charge in [-0.2, -0.15) is 0 Å². The van der Waals surface area contributed by atoms with Gasteiger partial charge in [0.2, 0.25) is 0 Å². The first kappa shape index (κ1) is 17.0. The van der Waals surface area contributed by atoms with Gasteiger partial charge in [-0.15, -0.1) is 0 Å². The van der Waals surface area contributed by atoms with Crippen molar-refractivity contribution in [3.63, 3.8) is 0 Å². The van der Waals surface area contributed by atoms with Crippen LogP contribution in [-0.4, -0.2) is 5.78 Å². The van der Waals surface area contributed by atoms with Gasteiger partial charge in [0.05, 0.1) is 0 Å². The Kier molecular flexibility index (Phi) is 3.98. The Morgan fingerprint density at radius 3 is 2.17 bits per heavy atom. The molecule has 0 spiro atoms. The fourth-order valence-corrected chi connectivity index (χ4v) is 3.91. The van der Waals surface area contributed by atoms with E-state index in [1.807, 2.05) is 6.08 Å². The van der Waals surface area contributed by atoms with Gasteiger partial charge in [0.25, 0.3) is 0 Å². The first-order chi connectivity index (χ1) is 14.2. The lowest BCUT2D eigenvalue weighted by Crippen LogP contribution is -1.93. The van der Waals surface area contributed by atoms with Crippen LogP contribution in [0.5, 0.6) is 0 Å². The third-order valence-corrected chi connectivity index (χ3v) is 5.29. The highest BCUT2D eigenvalue weighted by Gasteiger charge is 2.10. The van der Waals surface area contributed by atoms with Gasteiger partial charge in [0, 0.05) is 16.2 Å². The smallest absolute Gasteiger partial charge is 0.185 e. The summed E-state index contributed by atoms with van der Waals surface area (Å²) in [5.74, 6) is -0.0943. The van der Waals surface area contributed by atoms with E-state index in [1.54, 1.807) is 30.3 Å². The molecule has 0 atom stereocenters. The maximum absolute atomic E-state index is 12.6. The summed E-state index contributed by atoms with van der Waals surface area (Å²) >= 11 is 0. The number of ketones is 1. The Labute approximate surface area is 166 Å². The molecule has 0 saturated carbocycles. The van der Waals surface area contributed by atoms with E-state index in [-0.39, 0.29) is 5.78 Å². The molecular weight excluding hydrogens is 358 g/mol. The second-order valence-electron chi connectivity index (χ2n) is 6.94. The Morgan fingerprint density at radius 2 is 1.45 bits per heavy atom. The molecule has 5 rings (SSSR count). The number of carbonyl (C=O) groups excluding carboxylic acids is 1. The summed E-state index contributed by atoms with van der Waals surface area (Å²) < 4.78 is 0. The van der Waals surface area contributed by atoms with Gasteiger partial charge in [0.15, 0.2) is 5.78 Å². The summed E-state index contributed by atoms with van der Waals surface area (Å²) in [7, 11) is 0. The molecule has 0 fully saturated rings. The highest BCUT2D eigenvalue weighted by molar-refractivity contribution is 6.24. The summed E-state index contributed by atoms with van der Waals surface area (Å²) in [5.41, 5.74) is 10.5. The largest absolute Gasteiger partial charge is 0.289 e. The van der Waals surface area contributed by atoms with Gasteiger partial charge in [-0.25, -0.2) is 0 Å². The predicted octanol–water partition coefficient (Wildman–Crippen LogP) is 7.42. The number of allylic oxidation sites excluding steroid dienone is 1. The summed E-state index contributed by atoms with van der Waals surface area (Å²) in [4.78, 5) is 15.3. The van der Waals surface area contributed by atoms with Crippen molar-refractivity contribution in [3.05, 3.63) is 107 Å². The molecular formula is C25H15N3O. The highest BCUT2D eigenvalue weighted by atomic mass is 16.1. The molecule has 0 N–H and O–H groups in total. The van der Waals surface area contributed by atoms with E-state index >= 15 is 0 Å². The first-order valence-electron chi connectivity index (χ1n) is 9.29. The van der Waals surface area contributed by atoms with Crippen molar-refractivity contribution in [3.8, 4) is 0 Å². The Balaban J connectivity index is 1.58. The van der Waals surface area contributed by atoms with Crippen LogP contribution in [0.25, 0.3) is 48.8 Å². The molecule has 136 valence electrons. The minimum atomic E-state index is -0.0943. The minimum Gasteiger partial charge on any atom is -0.289 e. The van der Waals surface area contributed by atoms with Gasteiger partial charge in [-0.3, -0.25) is 4.79 Å². The van der Waals surface area contributed by atoms with Crippen molar-refractivity contribution >= 4 is 49.9 Å². The van der Waals surface area contributed by atoms with Gasteiger partial charge in [0.1, 0.15) is 0 Å². The topological polar surface area (TPSA) is 65.8 Å². The van der Waals surface area contributed by atoms with E-state index in [4.69, 9.17) is 5.53 Å². The molecule has 0 unspecified atom stereocenters. The van der Waals surface area contributed by atoms with Crippen LogP contribution in [0.15, 0.2) is 90.1 Å². The molecule has 0 amide bonds. The van der Waals surface area contributed by atoms with E-state index in [9.17, 15) is 4.79 Å². The lowest BCUT2D eigenvalue weighted by molar-refractivity contribution is 0.104. The van der Waals surface area contributed by atoms with Crippen molar-refractivity contribution in [1.29, 1.82) is 0 Å². The predicted molar refractivity (Wildman–Crippen MR) is 119 cm³/mol. The van der Waals surface area contributed by atoms with Crippen LogP contribution in [0.3, 0.4) is 0 Å². The molecule has 0 saturated heterocycles. The van der Waals surface area contributed by atoms with E-state index in [1.165, 1.54) is 26.9 Å². The summed E-state index contributed by atoms with van der Waals surface area (Å²) in [5, 5.41) is 10.8. The maximum atomic E-state index is 12.6. The molecule has 0 bridgehead atoms. The molecule has 5 aromatic carbocycles. The number of rotatable bonds is 4. The van der Waals surface area contributed by atoms with Crippen LogP contribution in [0.4, 0.5) is 5.69 Å². The number of hydrogen-bond donors (Lipinski definition) is 0. The minimum absolute atomic E-state index is 0.0943. The molecule has 4 heteroatoms. The van der Waals surface area contributed by atoms with Gasteiger partial charge >= 0.3 is 0 Å². The van der Waals surface area contributed by atoms with Crippen LogP contribution >= 0.6 is 0 Å². The van der Waals surface area contributed by atoms with E-state index < -0.39 is 0 Å². The zero-order valence-electron chi connectivity index (χ0n) is 15.4. The Hall–Kier alpha value is -4.14. The average molecular weight is 373 g/mol. The van der Waals surface area contributed by atoms with Gasteiger partial charge < -0.3 is 0 Å². The normalized spacial score (nSPS) is 11.4. The van der Waals surface area contributed by atoms with E-state index in [0.717, 1.165) is 10.9 Å². The lowest BCUT2D eigenvalue weighted by Gasteiger charge is -2.12. The van der Waals surface area contributed by atoms with Crippen molar-refractivity contribution < 1.29 is 4.79 Å². The molecule has 0 radical (unpaired) electrons. The number of carbonyl (C=O) groups is 1. The van der Waals surface area contributed by atoms with Gasteiger partial charge in [-0.05, 0) is 49.5 Å². The molecule has 0 aliphatic carbocycles. The Morgan fingerprint density at radius 1 is 0.793 bits per heavy atom. The zero-order chi connectivity index (χ0) is 19.8. The summed E-state index contributed by atoms with van der Waals surface area (Å²) in [6.45, 7) is 0. The molecule has 0 aliphatic heterocycles. The van der Waals surface area contributed by atoms with Crippen molar-refractivity contribution in [2.75, 3.05) is 0 Å².